The van der Waals surface area contributed by atoms with Crippen molar-refractivity contribution in [3.05, 3.63) is 17.7 Å². The Kier molecular flexibility index (Phi) is 5.92. The van der Waals surface area contributed by atoms with E-state index in [4.69, 9.17) is 9.47 Å². The van der Waals surface area contributed by atoms with Crippen molar-refractivity contribution in [2.75, 3.05) is 6.61 Å². The fraction of sp³-hybridized carbons (Fsp3) is 0.619. The van der Waals surface area contributed by atoms with Gasteiger partial charge in [-0.2, -0.15) is 0 Å². The van der Waals surface area contributed by atoms with Crippen molar-refractivity contribution in [3.8, 4) is 17.2 Å². The highest BCUT2D eigenvalue weighted by Crippen LogP contribution is 2.40. The van der Waals surface area contributed by atoms with E-state index in [0.717, 1.165) is 25.7 Å². The van der Waals surface area contributed by atoms with Crippen molar-refractivity contribution in [2.45, 2.75) is 76.9 Å². The Morgan fingerprint density at radius 3 is 2.59 bits per heavy atom. The lowest BCUT2D eigenvalue weighted by atomic mass is 9.92. The van der Waals surface area contributed by atoms with Gasteiger partial charge in [0.2, 0.25) is 0 Å². The zero-order chi connectivity index (χ0) is 19.4. The minimum absolute atomic E-state index is 0.133. The number of rotatable bonds is 4. The van der Waals surface area contributed by atoms with Crippen LogP contribution in [0.3, 0.4) is 0 Å². The molecule has 6 nitrogen and oxygen atoms in total. The third-order valence-electron chi connectivity index (χ3n) is 5.15. The molecule has 0 atom stereocenters. The zero-order valence-electron chi connectivity index (χ0n) is 16.2. The average Bonchev–Trinajstić information content (AvgIpc) is 2.53. The van der Waals surface area contributed by atoms with Crippen LogP contribution >= 0.6 is 0 Å². The van der Waals surface area contributed by atoms with Crippen molar-refractivity contribution in [3.63, 3.8) is 0 Å². The van der Waals surface area contributed by atoms with Crippen molar-refractivity contribution in [1.82, 2.24) is 5.32 Å². The van der Waals surface area contributed by atoms with E-state index in [-0.39, 0.29) is 42.1 Å². The number of hydrogen-bond donors (Lipinski definition) is 2. The van der Waals surface area contributed by atoms with Crippen LogP contribution in [0.5, 0.6) is 17.2 Å². The van der Waals surface area contributed by atoms with Crippen LogP contribution in [0.1, 0.15) is 75.6 Å². The highest BCUT2D eigenvalue weighted by molar-refractivity contribution is 6.03. The fourth-order valence-corrected chi connectivity index (χ4v) is 3.85. The third kappa shape index (κ3) is 5.15. The topological polar surface area (TPSA) is 84.9 Å². The van der Waals surface area contributed by atoms with Crippen LogP contribution in [0.4, 0.5) is 0 Å². The lowest BCUT2D eigenvalue weighted by Gasteiger charge is -2.32. The van der Waals surface area contributed by atoms with E-state index in [0.29, 0.717) is 11.5 Å². The predicted molar refractivity (Wildman–Crippen MR) is 102 cm³/mol. The van der Waals surface area contributed by atoms with Crippen LogP contribution in [0.25, 0.3) is 0 Å². The van der Waals surface area contributed by atoms with Crippen LogP contribution in [0, 0.1) is 0 Å². The molecule has 1 fully saturated rings. The molecule has 1 aromatic rings. The first-order chi connectivity index (χ1) is 12.8. The third-order valence-corrected chi connectivity index (χ3v) is 5.15. The Labute approximate surface area is 160 Å². The molecule has 1 saturated carbocycles. The molecule has 1 aliphatic carbocycles. The molecular weight excluding hydrogens is 346 g/mol. The monoisotopic (exact) mass is 375 g/mol. The molecule has 6 heteroatoms. The van der Waals surface area contributed by atoms with Crippen molar-refractivity contribution < 1.29 is 24.2 Å². The maximum Gasteiger partial charge on any atom is 0.258 e. The molecule has 2 aliphatic rings. The fourth-order valence-electron chi connectivity index (χ4n) is 3.85. The summed E-state index contributed by atoms with van der Waals surface area (Å²) in [5.41, 5.74) is -0.453. The second-order valence-corrected chi connectivity index (χ2v) is 8.18. The Bertz CT molecular complexity index is 705. The number of aromatic hydroxyl groups is 1. The van der Waals surface area contributed by atoms with Gasteiger partial charge in [-0.05, 0) is 26.7 Å². The van der Waals surface area contributed by atoms with Gasteiger partial charge in [0, 0.05) is 18.2 Å². The molecule has 0 spiro atoms. The molecule has 0 saturated heterocycles. The summed E-state index contributed by atoms with van der Waals surface area (Å²) in [5.74, 6) is 0.0992. The number of nitrogens with one attached hydrogen (secondary N) is 1. The Balaban J connectivity index is 1.60. The van der Waals surface area contributed by atoms with Gasteiger partial charge in [0.05, 0.1) is 6.42 Å². The summed E-state index contributed by atoms with van der Waals surface area (Å²) in [5, 5.41) is 13.2. The first-order valence-electron chi connectivity index (χ1n) is 9.85. The number of amides is 1. The molecular formula is C21H29NO5. The number of ether oxygens (including phenoxy) is 2. The molecule has 1 amide bonds. The Hall–Kier alpha value is -2.24. The van der Waals surface area contributed by atoms with Gasteiger partial charge in [-0.15, -0.1) is 0 Å². The van der Waals surface area contributed by atoms with Crippen molar-refractivity contribution in [2.24, 2.45) is 0 Å². The number of phenols is 1. The molecule has 2 N–H and O–H groups in total. The second kappa shape index (κ2) is 8.19. The molecule has 0 aromatic heterocycles. The first-order valence-corrected chi connectivity index (χ1v) is 9.85. The standard InChI is InChI=1S/C21H29NO5/c1-21(2)12-17(24)20-16(23)10-15(11-18(20)27-21)26-13-19(25)22-14-8-6-4-3-5-7-9-14/h10-11,14,23H,3-9,12-13H2,1-2H3,(H,22,25). The van der Waals surface area contributed by atoms with Gasteiger partial charge < -0.3 is 19.9 Å². The van der Waals surface area contributed by atoms with Crippen LogP contribution in [0.15, 0.2) is 12.1 Å². The molecule has 1 aromatic carbocycles. The van der Waals surface area contributed by atoms with Gasteiger partial charge in [-0.3, -0.25) is 9.59 Å². The highest BCUT2D eigenvalue weighted by atomic mass is 16.5. The number of phenolic OH excluding ortho intramolecular Hbond substituents is 1. The molecule has 0 unspecified atom stereocenters. The van der Waals surface area contributed by atoms with E-state index < -0.39 is 5.60 Å². The first kappa shape index (κ1) is 19.5. The maximum absolute atomic E-state index is 12.2. The van der Waals surface area contributed by atoms with Gasteiger partial charge in [-0.1, -0.05) is 32.1 Å². The summed E-state index contributed by atoms with van der Waals surface area (Å²) in [6, 6.07) is 3.14. The van der Waals surface area contributed by atoms with Crippen LogP contribution in [0.2, 0.25) is 0 Å². The summed E-state index contributed by atoms with van der Waals surface area (Å²) in [4.78, 5) is 24.5. The maximum atomic E-state index is 12.2. The second-order valence-electron chi connectivity index (χ2n) is 8.18. The Morgan fingerprint density at radius 2 is 1.89 bits per heavy atom. The zero-order valence-corrected chi connectivity index (χ0v) is 16.2. The van der Waals surface area contributed by atoms with E-state index in [2.05, 4.69) is 5.32 Å². The minimum Gasteiger partial charge on any atom is -0.507 e. The summed E-state index contributed by atoms with van der Waals surface area (Å²) >= 11 is 0. The van der Waals surface area contributed by atoms with E-state index in [1.807, 2.05) is 13.8 Å². The number of benzene rings is 1. The summed E-state index contributed by atoms with van der Waals surface area (Å²) in [6.07, 6.45) is 8.26. The van der Waals surface area contributed by atoms with E-state index in [9.17, 15) is 14.7 Å². The molecule has 27 heavy (non-hydrogen) atoms. The van der Waals surface area contributed by atoms with E-state index in [1.165, 1.54) is 25.3 Å². The molecule has 1 heterocycles. The average molecular weight is 375 g/mol. The van der Waals surface area contributed by atoms with Crippen LogP contribution in [-0.4, -0.2) is 35.0 Å². The number of fused-ring (bicyclic) bond motifs is 1. The lowest BCUT2D eigenvalue weighted by Crippen LogP contribution is -2.38. The number of carbonyl (C=O) groups excluding carboxylic acids is 2. The Morgan fingerprint density at radius 1 is 1.22 bits per heavy atom. The molecule has 3 rings (SSSR count). The lowest BCUT2D eigenvalue weighted by molar-refractivity contribution is -0.123. The smallest absolute Gasteiger partial charge is 0.258 e. The van der Waals surface area contributed by atoms with E-state index in [1.54, 1.807) is 6.07 Å². The highest BCUT2D eigenvalue weighted by Gasteiger charge is 2.35. The number of Topliss-reactive ketones (excluding diaryl/α,β-unsaturated/α-hetero) is 1. The molecule has 1 aliphatic heterocycles. The molecule has 148 valence electrons. The summed E-state index contributed by atoms with van der Waals surface area (Å²) in [7, 11) is 0. The predicted octanol–water partition coefficient (Wildman–Crippen LogP) is 3.74. The summed E-state index contributed by atoms with van der Waals surface area (Å²) < 4.78 is 11.4. The van der Waals surface area contributed by atoms with Crippen LogP contribution in [-0.2, 0) is 4.79 Å². The number of hydrogen-bond acceptors (Lipinski definition) is 5. The molecule has 0 radical (unpaired) electrons. The number of ketones is 1. The van der Waals surface area contributed by atoms with Gasteiger partial charge in [0.1, 0.15) is 28.4 Å². The number of carbonyl (C=O) groups is 2. The summed E-state index contributed by atoms with van der Waals surface area (Å²) in [6.45, 7) is 3.51. The quantitative estimate of drug-likeness (QED) is 0.837. The van der Waals surface area contributed by atoms with Gasteiger partial charge in [-0.25, -0.2) is 0 Å². The van der Waals surface area contributed by atoms with Crippen LogP contribution < -0.4 is 14.8 Å². The van der Waals surface area contributed by atoms with Gasteiger partial charge >= 0.3 is 0 Å². The largest absolute Gasteiger partial charge is 0.507 e. The molecule has 0 bridgehead atoms. The van der Waals surface area contributed by atoms with Crippen molar-refractivity contribution in [1.29, 1.82) is 0 Å². The van der Waals surface area contributed by atoms with Gasteiger partial charge in [0.15, 0.2) is 12.4 Å². The van der Waals surface area contributed by atoms with E-state index >= 15 is 0 Å². The normalized spacial score (nSPS) is 20.0. The van der Waals surface area contributed by atoms with Gasteiger partial charge in [0.25, 0.3) is 5.91 Å². The minimum atomic E-state index is -0.634. The SMILES string of the molecule is CC1(C)CC(=O)c2c(O)cc(OCC(=O)NC3CCCCCCC3)cc2O1. The van der Waals surface area contributed by atoms with Crippen molar-refractivity contribution >= 4 is 11.7 Å².